The van der Waals surface area contributed by atoms with E-state index in [4.69, 9.17) is 17.0 Å². The molecule has 0 N–H and O–H groups in total. The summed E-state index contributed by atoms with van der Waals surface area (Å²) in [6, 6.07) is 9.54. The van der Waals surface area contributed by atoms with Crippen molar-refractivity contribution in [2.45, 2.75) is 13.3 Å². The van der Waals surface area contributed by atoms with Crippen molar-refractivity contribution in [1.82, 2.24) is 0 Å². The summed E-state index contributed by atoms with van der Waals surface area (Å²) in [6.07, 6.45) is 3.01. The molecule has 2 aromatic rings. The predicted octanol–water partition coefficient (Wildman–Crippen LogP) is 5.97. The average Bonchev–Trinajstić information content (AvgIpc) is 2.78. The van der Waals surface area contributed by atoms with Gasteiger partial charge in [0.1, 0.15) is 11.6 Å². The SMILES string of the molecule is CC1=Cc2c(cccc2-c2cc(F)cc(F)c2)C1.[Cl][Zr][Cl]. The van der Waals surface area contributed by atoms with Crippen LogP contribution in [0.4, 0.5) is 8.78 Å². The molecule has 1 aliphatic carbocycles. The Balaban J connectivity index is 0.000000497. The van der Waals surface area contributed by atoms with Gasteiger partial charge in [0.15, 0.2) is 0 Å². The summed E-state index contributed by atoms with van der Waals surface area (Å²) in [5.41, 5.74) is 5.06. The molecule has 0 nitrogen and oxygen atoms in total. The average molecular weight is 404 g/mol. The van der Waals surface area contributed by atoms with Crippen LogP contribution >= 0.6 is 17.0 Å². The van der Waals surface area contributed by atoms with Crippen molar-refractivity contribution in [3.63, 3.8) is 0 Å². The van der Waals surface area contributed by atoms with Crippen molar-refractivity contribution in [2.24, 2.45) is 0 Å². The fourth-order valence-corrected chi connectivity index (χ4v) is 2.50. The summed E-state index contributed by atoms with van der Waals surface area (Å²) in [7, 11) is 9.87. The van der Waals surface area contributed by atoms with Crippen LogP contribution in [-0.2, 0) is 27.3 Å². The molecule has 0 atom stereocenters. The summed E-state index contributed by atoms with van der Waals surface area (Å²) in [6.45, 7) is 2.07. The molecule has 1 aliphatic rings. The standard InChI is InChI=1S/C16H12F2.2ClH.Zr/c1-10-5-11-3-2-4-15(16(11)6-10)12-7-13(17)9-14(18)8-12;;;/h2-4,6-9H,5H2,1H3;2*1H;/q;;;+2/p-2. The van der Waals surface area contributed by atoms with Gasteiger partial charge in [-0.2, -0.15) is 0 Å². The molecule has 0 spiro atoms. The van der Waals surface area contributed by atoms with Crippen LogP contribution in [0.2, 0.25) is 0 Å². The Labute approximate surface area is 141 Å². The second-order valence-corrected chi connectivity index (χ2v) is 8.51. The van der Waals surface area contributed by atoms with E-state index in [0.29, 0.717) is 5.56 Å². The van der Waals surface area contributed by atoms with E-state index in [1.54, 1.807) is 0 Å². The molecule has 0 amide bonds. The molecule has 0 bridgehead atoms. The second-order valence-electron chi connectivity index (χ2n) is 4.78. The Morgan fingerprint density at radius 1 is 1.05 bits per heavy atom. The first-order valence-corrected chi connectivity index (χ1v) is 12.6. The zero-order valence-corrected chi connectivity index (χ0v) is 15.2. The first-order valence-electron chi connectivity index (χ1n) is 6.27. The molecule has 0 aliphatic heterocycles. The van der Waals surface area contributed by atoms with Crippen LogP contribution in [0.5, 0.6) is 0 Å². The van der Waals surface area contributed by atoms with Gasteiger partial charge in [0.25, 0.3) is 0 Å². The van der Waals surface area contributed by atoms with Crippen LogP contribution in [-0.4, -0.2) is 0 Å². The first-order chi connectivity index (χ1) is 10.0. The number of allylic oxidation sites excluding steroid dienone is 1. The summed E-state index contributed by atoms with van der Waals surface area (Å²) < 4.78 is 26.6. The summed E-state index contributed by atoms with van der Waals surface area (Å²) >= 11 is -0.826. The number of hydrogen-bond acceptors (Lipinski definition) is 0. The number of halogens is 4. The van der Waals surface area contributed by atoms with Gasteiger partial charge in [-0.15, -0.1) is 0 Å². The van der Waals surface area contributed by atoms with Crippen molar-refractivity contribution in [2.75, 3.05) is 0 Å². The summed E-state index contributed by atoms with van der Waals surface area (Å²) in [5.74, 6) is -1.08. The third-order valence-electron chi connectivity index (χ3n) is 3.23. The number of rotatable bonds is 1. The molecule has 2 aromatic carbocycles. The van der Waals surface area contributed by atoms with E-state index in [2.05, 4.69) is 19.1 Å². The predicted molar refractivity (Wildman–Crippen MR) is 80.9 cm³/mol. The zero-order chi connectivity index (χ0) is 15.4. The Morgan fingerprint density at radius 2 is 1.67 bits per heavy atom. The monoisotopic (exact) mass is 402 g/mol. The summed E-state index contributed by atoms with van der Waals surface area (Å²) in [5, 5.41) is 0. The minimum absolute atomic E-state index is 0.540. The third-order valence-corrected chi connectivity index (χ3v) is 3.23. The van der Waals surface area contributed by atoms with Gasteiger partial charge in [0, 0.05) is 6.07 Å². The molecule has 0 unspecified atom stereocenters. The van der Waals surface area contributed by atoms with Crippen molar-refractivity contribution < 1.29 is 29.6 Å². The Morgan fingerprint density at radius 3 is 2.29 bits per heavy atom. The molecule has 0 radical (unpaired) electrons. The van der Waals surface area contributed by atoms with Crippen LogP contribution in [0.25, 0.3) is 17.2 Å². The van der Waals surface area contributed by atoms with Gasteiger partial charge in [-0.25, -0.2) is 8.78 Å². The number of fused-ring (bicyclic) bond motifs is 1. The zero-order valence-electron chi connectivity index (χ0n) is 11.3. The molecule has 0 heterocycles. The molecule has 0 saturated carbocycles. The van der Waals surface area contributed by atoms with Crippen LogP contribution < -0.4 is 0 Å². The van der Waals surface area contributed by atoms with Gasteiger partial charge in [0.05, 0.1) is 0 Å². The van der Waals surface area contributed by atoms with Crippen molar-refractivity contribution in [3.8, 4) is 11.1 Å². The topological polar surface area (TPSA) is 0 Å². The van der Waals surface area contributed by atoms with E-state index in [0.717, 1.165) is 23.6 Å². The molecule has 0 aromatic heterocycles. The number of benzene rings is 2. The Bertz CT molecular complexity index is 664. The molecule has 0 fully saturated rings. The normalized spacial score (nSPS) is 12.1. The number of hydrogen-bond donors (Lipinski definition) is 0. The molecular weight excluding hydrogens is 392 g/mol. The quantitative estimate of drug-likeness (QED) is 0.550. The van der Waals surface area contributed by atoms with Crippen LogP contribution in [0.1, 0.15) is 18.1 Å². The Hall–Kier alpha value is -0.497. The molecular formula is C16H12Cl2F2Zr. The molecule has 0 saturated heterocycles. The van der Waals surface area contributed by atoms with E-state index in [1.807, 2.05) is 12.1 Å². The second kappa shape index (κ2) is 7.67. The van der Waals surface area contributed by atoms with Crippen molar-refractivity contribution >= 4 is 23.1 Å². The third kappa shape index (κ3) is 4.25. The van der Waals surface area contributed by atoms with E-state index < -0.39 is 32.5 Å². The van der Waals surface area contributed by atoms with Gasteiger partial charge in [-0.05, 0) is 47.7 Å². The minimum atomic E-state index is -0.826. The van der Waals surface area contributed by atoms with E-state index in [-0.39, 0.29) is 0 Å². The van der Waals surface area contributed by atoms with Gasteiger partial charge in [-0.1, -0.05) is 29.8 Å². The van der Waals surface area contributed by atoms with Crippen LogP contribution in [0, 0.1) is 11.6 Å². The van der Waals surface area contributed by atoms with E-state index in [9.17, 15) is 8.78 Å². The Kier molecular flexibility index (Phi) is 6.16. The summed E-state index contributed by atoms with van der Waals surface area (Å²) in [4.78, 5) is 0. The van der Waals surface area contributed by atoms with Gasteiger partial charge < -0.3 is 0 Å². The van der Waals surface area contributed by atoms with Gasteiger partial charge in [-0.3, -0.25) is 0 Å². The van der Waals surface area contributed by atoms with E-state index >= 15 is 0 Å². The fraction of sp³-hybridized carbons (Fsp3) is 0.125. The molecule has 21 heavy (non-hydrogen) atoms. The maximum atomic E-state index is 13.3. The first kappa shape index (κ1) is 16.9. The fourth-order valence-electron chi connectivity index (χ4n) is 2.50. The van der Waals surface area contributed by atoms with Crippen LogP contribution in [0.15, 0.2) is 42.0 Å². The molecule has 5 heteroatoms. The van der Waals surface area contributed by atoms with Crippen molar-refractivity contribution in [3.05, 3.63) is 64.7 Å². The van der Waals surface area contributed by atoms with Crippen molar-refractivity contribution in [1.29, 1.82) is 0 Å². The molecule has 108 valence electrons. The van der Waals surface area contributed by atoms with Crippen LogP contribution in [0.3, 0.4) is 0 Å². The van der Waals surface area contributed by atoms with Gasteiger partial charge in [0.2, 0.25) is 0 Å². The van der Waals surface area contributed by atoms with Gasteiger partial charge >= 0.3 is 37.9 Å². The molecule has 3 rings (SSSR count). The van der Waals surface area contributed by atoms with E-state index in [1.165, 1.54) is 23.3 Å². The maximum absolute atomic E-state index is 13.3.